The van der Waals surface area contributed by atoms with Gasteiger partial charge in [0.15, 0.2) is 0 Å². The largest absolute Gasteiger partial charge is 0.494 e. The highest BCUT2D eigenvalue weighted by molar-refractivity contribution is 6.62. The van der Waals surface area contributed by atoms with Gasteiger partial charge < -0.3 is 13.9 Å². The predicted octanol–water partition coefficient (Wildman–Crippen LogP) is 6.75. The molecular formula is C30H28BNO2. The third kappa shape index (κ3) is 3.21. The Morgan fingerprint density at radius 2 is 1.24 bits per heavy atom. The van der Waals surface area contributed by atoms with Gasteiger partial charge in [-0.25, -0.2) is 0 Å². The van der Waals surface area contributed by atoms with Crippen LogP contribution in [0.25, 0.3) is 38.6 Å². The van der Waals surface area contributed by atoms with E-state index in [0.717, 1.165) is 5.46 Å². The Balaban J connectivity index is 1.57. The zero-order valence-corrected chi connectivity index (χ0v) is 20.1. The Hall–Kier alpha value is -3.34. The summed E-state index contributed by atoms with van der Waals surface area (Å²) < 4.78 is 15.1. The van der Waals surface area contributed by atoms with Crippen LogP contribution < -0.4 is 5.46 Å². The average Bonchev–Trinajstić information content (AvgIpc) is 3.28. The predicted molar refractivity (Wildman–Crippen MR) is 142 cm³/mol. The van der Waals surface area contributed by atoms with Crippen molar-refractivity contribution in [1.82, 2.24) is 4.57 Å². The minimum absolute atomic E-state index is 0.366. The van der Waals surface area contributed by atoms with Crippen LogP contribution in [0.15, 0.2) is 97.1 Å². The van der Waals surface area contributed by atoms with Crippen molar-refractivity contribution in [3.8, 4) is 16.8 Å². The van der Waals surface area contributed by atoms with Crippen molar-refractivity contribution in [3.05, 3.63) is 97.1 Å². The molecule has 2 heterocycles. The zero-order valence-electron chi connectivity index (χ0n) is 20.1. The molecule has 6 rings (SSSR count). The maximum atomic E-state index is 6.35. The molecule has 0 unspecified atom stereocenters. The first-order valence-corrected chi connectivity index (χ1v) is 11.9. The van der Waals surface area contributed by atoms with E-state index in [9.17, 15) is 0 Å². The van der Waals surface area contributed by atoms with Crippen LogP contribution in [-0.4, -0.2) is 22.9 Å². The molecule has 1 aromatic heterocycles. The molecule has 168 valence electrons. The first-order chi connectivity index (χ1) is 16.4. The molecule has 0 atom stereocenters. The average molecular weight is 445 g/mol. The highest BCUT2D eigenvalue weighted by Gasteiger charge is 2.51. The lowest BCUT2D eigenvalue weighted by molar-refractivity contribution is 0.00578. The fourth-order valence-electron chi connectivity index (χ4n) is 4.91. The van der Waals surface area contributed by atoms with E-state index in [-0.39, 0.29) is 18.3 Å². The second kappa shape index (κ2) is 7.59. The summed E-state index contributed by atoms with van der Waals surface area (Å²) in [5, 5.41) is 2.42. The van der Waals surface area contributed by atoms with Gasteiger partial charge in [-0.05, 0) is 56.9 Å². The fraction of sp³-hybridized carbons (Fsp3) is 0.200. The summed E-state index contributed by atoms with van der Waals surface area (Å²) in [5.74, 6) is 0. The Bertz CT molecular complexity index is 1500. The molecule has 5 aromatic rings. The molecule has 1 aliphatic heterocycles. The molecule has 1 saturated heterocycles. The number of para-hydroxylation sites is 2. The molecule has 1 aliphatic rings. The second-order valence-electron chi connectivity index (χ2n) is 10.1. The van der Waals surface area contributed by atoms with Crippen molar-refractivity contribution in [2.45, 2.75) is 38.9 Å². The molecule has 0 aliphatic carbocycles. The SMILES string of the molecule is CC1(C)OB(c2ccc3c(c2)c2ccccc2n3-c2ccccc2-c2ccccc2)OC1(C)C. The summed E-state index contributed by atoms with van der Waals surface area (Å²) >= 11 is 0. The van der Waals surface area contributed by atoms with Crippen molar-refractivity contribution < 1.29 is 9.31 Å². The lowest BCUT2D eigenvalue weighted by Gasteiger charge is -2.32. The number of rotatable bonds is 3. The molecule has 3 nitrogen and oxygen atoms in total. The minimum atomic E-state index is -0.381. The van der Waals surface area contributed by atoms with Gasteiger partial charge in [-0.3, -0.25) is 0 Å². The number of hydrogen-bond acceptors (Lipinski definition) is 2. The minimum Gasteiger partial charge on any atom is -0.399 e. The normalized spacial score (nSPS) is 17.0. The summed E-state index contributed by atoms with van der Waals surface area (Å²) in [7, 11) is -0.381. The van der Waals surface area contributed by atoms with Gasteiger partial charge in [0.25, 0.3) is 0 Å². The van der Waals surface area contributed by atoms with E-state index in [2.05, 4.69) is 129 Å². The van der Waals surface area contributed by atoms with Crippen molar-refractivity contribution in [2.75, 3.05) is 0 Å². The van der Waals surface area contributed by atoms with E-state index in [4.69, 9.17) is 9.31 Å². The lowest BCUT2D eigenvalue weighted by Crippen LogP contribution is -2.41. The molecule has 1 fully saturated rings. The van der Waals surface area contributed by atoms with Crippen LogP contribution in [-0.2, 0) is 9.31 Å². The smallest absolute Gasteiger partial charge is 0.399 e. The first kappa shape index (κ1) is 21.2. The van der Waals surface area contributed by atoms with Crippen LogP contribution >= 0.6 is 0 Å². The third-order valence-corrected chi connectivity index (χ3v) is 7.45. The maximum Gasteiger partial charge on any atom is 0.494 e. The monoisotopic (exact) mass is 445 g/mol. The molecule has 0 bridgehead atoms. The molecule has 0 spiro atoms. The maximum absolute atomic E-state index is 6.35. The summed E-state index contributed by atoms with van der Waals surface area (Å²) in [5.41, 5.74) is 6.26. The topological polar surface area (TPSA) is 23.4 Å². The van der Waals surface area contributed by atoms with Gasteiger partial charge in [-0.1, -0.05) is 78.9 Å². The number of nitrogens with zero attached hydrogens (tertiary/aromatic N) is 1. The first-order valence-electron chi connectivity index (χ1n) is 11.9. The van der Waals surface area contributed by atoms with Gasteiger partial charge in [0, 0.05) is 16.3 Å². The van der Waals surface area contributed by atoms with Crippen molar-refractivity contribution >= 4 is 34.4 Å². The van der Waals surface area contributed by atoms with E-state index < -0.39 is 0 Å². The van der Waals surface area contributed by atoms with Gasteiger partial charge in [-0.2, -0.15) is 0 Å². The third-order valence-electron chi connectivity index (χ3n) is 7.45. The van der Waals surface area contributed by atoms with Crippen LogP contribution in [0.3, 0.4) is 0 Å². The molecule has 0 radical (unpaired) electrons. The van der Waals surface area contributed by atoms with E-state index in [1.807, 2.05) is 0 Å². The van der Waals surface area contributed by atoms with Crippen molar-refractivity contribution in [2.24, 2.45) is 0 Å². The summed E-state index contributed by atoms with van der Waals surface area (Å²) in [6, 6.07) is 34.4. The highest BCUT2D eigenvalue weighted by Crippen LogP contribution is 2.38. The number of aromatic nitrogens is 1. The van der Waals surface area contributed by atoms with Crippen LogP contribution in [0.1, 0.15) is 27.7 Å². The molecule has 34 heavy (non-hydrogen) atoms. The van der Waals surface area contributed by atoms with Gasteiger partial charge in [-0.15, -0.1) is 0 Å². The highest BCUT2D eigenvalue weighted by atomic mass is 16.7. The van der Waals surface area contributed by atoms with Gasteiger partial charge >= 0.3 is 7.12 Å². The van der Waals surface area contributed by atoms with Crippen LogP contribution in [0.2, 0.25) is 0 Å². The number of fused-ring (bicyclic) bond motifs is 3. The number of hydrogen-bond donors (Lipinski definition) is 0. The standard InChI is InChI=1S/C30H28BNO2/c1-29(2)30(3,4)34-31(33-29)22-18-19-28-25(20-22)24-15-9-11-17-27(24)32(28)26-16-10-8-14-23(26)21-12-6-5-7-13-21/h5-20H,1-4H3. The van der Waals surface area contributed by atoms with Gasteiger partial charge in [0.1, 0.15) is 0 Å². The Morgan fingerprint density at radius 3 is 2.00 bits per heavy atom. The summed E-state index contributed by atoms with van der Waals surface area (Å²) in [4.78, 5) is 0. The van der Waals surface area contributed by atoms with E-state index in [1.165, 1.54) is 38.6 Å². The van der Waals surface area contributed by atoms with Gasteiger partial charge in [0.05, 0.1) is 27.9 Å². The second-order valence-corrected chi connectivity index (χ2v) is 10.1. The van der Waals surface area contributed by atoms with Crippen molar-refractivity contribution in [1.29, 1.82) is 0 Å². The Kier molecular flexibility index (Phi) is 4.74. The molecule has 0 amide bonds. The molecule has 0 N–H and O–H groups in total. The summed E-state index contributed by atoms with van der Waals surface area (Å²) in [6.45, 7) is 8.38. The molecule has 4 aromatic carbocycles. The Morgan fingerprint density at radius 1 is 0.618 bits per heavy atom. The van der Waals surface area contributed by atoms with Crippen LogP contribution in [0.4, 0.5) is 0 Å². The van der Waals surface area contributed by atoms with Crippen LogP contribution in [0.5, 0.6) is 0 Å². The lowest BCUT2D eigenvalue weighted by atomic mass is 9.78. The molecular weight excluding hydrogens is 417 g/mol. The van der Waals surface area contributed by atoms with Crippen molar-refractivity contribution in [3.63, 3.8) is 0 Å². The van der Waals surface area contributed by atoms with Crippen LogP contribution in [0, 0.1) is 0 Å². The van der Waals surface area contributed by atoms with E-state index >= 15 is 0 Å². The zero-order chi connectivity index (χ0) is 23.5. The van der Waals surface area contributed by atoms with E-state index in [0.29, 0.717) is 0 Å². The van der Waals surface area contributed by atoms with E-state index in [1.54, 1.807) is 0 Å². The summed E-state index contributed by atoms with van der Waals surface area (Å²) in [6.07, 6.45) is 0. The molecule has 4 heteroatoms. The Labute approximate surface area is 201 Å². The molecule has 0 saturated carbocycles. The quantitative estimate of drug-likeness (QED) is 0.287. The number of benzene rings is 4. The van der Waals surface area contributed by atoms with Gasteiger partial charge in [0.2, 0.25) is 0 Å². The fourth-order valence-corrected chi connectivity index (χ4v) is 4.91.